The second kappa shape index (κ2) is 5.51. The lowest BCUT2D eigenvalue weighted by Crippen LogP contribution is -2.37. The number of phenolic OH excluding ortho intramolecular Hbond substituents is 1. The fourth-order valence-corrected chi connectivity index (χ4v) is 3.04. The van der Waals surface area contributed by atoms with Crippen molar-refractivity contribution in [1.29, 1.82) is 0 Å². The number of phenols is 1. The van der Waals surface area contributed by atoms with Crippen LogP contribution in [0.2, 0.25) is 0 Å². The molecule has 0 aromatic heterocycles. The highest BCUT2D eigenvalue weighted by Crippen LogP contribution is 2.26. The third-order valence-electron chi connectivity index (χ3n) is 2.92. The molecule has 1 aromatic rings. The van der Waals surface area contributed by atoms with E-state index < -0.39 is 10.8 Å². The van der Waals surface area contributed by atoms with Gasteiger partial charge in [0.05, 0.1) is 7.11 Å². The minimum atomic E-state index is -0.635. The van der Waals surface area contributed by atoms with E-state index >= 15 is 0 Å². The Kier molecular flexibility index (Phi) is 4.02. The first-order valence-corrected chi connectivity index (χ1v) is 7.11. The zero-order chi connectivity index (χ0) is 12.3. The molecule has 0 amide bonds. The summed E-state index contributed by atoms with van der Waals surface area (Å²) in [6.45, 7) is 2.56. The lowest BCUT2D eigenvalue weighted by Gasteiger charge is -2.26. The van der Waals surface area contributed by atoms with Gasteiger partial charge in [-0.2, -0.15) is 0 Å². The number of aromatic hydroxyl groups is 1. The van der Waals surface area contributed by atoms with E-state index in [2.05, 4.69) is 4.90 Å². The number of hydrogen-bond acceptors (Lipinski definition) is 4. The molecule has 0 atom stereocenters. The standard InChI is InChI=1S/C12H17NO3S/c1-16-12-8-10(2-3-11(12)14)9-13-4-6-17(15)7-5-13/h2-3,8,14H,4-7,9H2,1H3. The maximum absolute atomic E-state index is 11.2. The molecular formula is C12H17NO3S. The first-order valence-electron chi connectivity index (χ1n) is 5.62. The summed E-state index contributed by atoms with van der Waals surface area (Å²) in [6.07, 6.45) is 0. The predicted octanol–water partition coefficient (Wildman–Crippen LogP) is 0.965. The van der Waals surface area contributed by atoms with Gasteiger partial charge in [0, 0.05) is 41.9 Å². The van der Waals surface area contributed by atoms with Gasteiger partial charge >= 0.3 is 0 Å². The Bertz CT molecular complexity index is 412. The normalized spacial score (nSPS) is 18.2. The van der Waals surface area contributed by atoms with Crippen LogP contribution in [0.1, 0.15) is 5.56 Å². The lowest BCUT2D eigenvalue weighted by atomic mass is 10.2. The zero-order valence-corrected chi connectivity index (χ0v) is 10.7. The molecule has 1 fully saturated rings. The van der Waals surface area contributed by atoms with Crippen LogP contribution in [0.15, 0.2) is 18.2 Å². The lowest BCUT2D eigenvalue weighted by molar-refractivity contribution is 0.290. The molecule has 0 radical (unpaired) electrons. The molecule has 4 nitrogen and oxygen atoms in total. The van der Waals surface area contributed by atoms with Crippen LogP contribution in [0.25, 0.3) is 0 Å². The maximum Gasteiger partial charge on any atom is 0.160 e. The predicted molar refractivity (Wildman–Crippen MR) is 67.8 cm³/mol. The average Bonchev–Trinajstić information content (AvgIpc) is 2.34. The van der Waals surface area contributed by atoms with Crippen LogP contribution in [0, 0.1) is 0 Å². The van der Waals surface area contributed by atoms with Crippen molar-refractivity contribution in [1.82, 2.24) is 4.90 Å². The second-order valence-electron chi connectivity index (χ2n) is 4.13. The van der Waals surface area contributed by atoms with Gasteiger partial charge in [-0.1, -0.05) is 6.07 Å². The summed E-state index contributed by atoms with van der Waals surface area (Å²) in [5.41, 5.74) is 1.10. The van der Waals surface area contributed by atoms with Crippen LogP contribution >= 0.6 is 0 Å². The van der Waals surface area contributed by atoms with Crippen molar-refractivity contribution in [2.24, 2.45) is 0 Å². The molecule has 0 saturated carbocycles. The Hall–Kier alpha value is -1.07. The monoisotopic (exact) mass is 255 g/mol. The number of hydrogen-bond donors (Lipinski definition) is 1. The first-order chi connectivity index (χ1) is 8.19. The van der Waals surface area contributed by atoms with Crippen molar-refractivity contribution in [2.75, 3.05) is 31.7 Å². The summed E-state index contributed by atoms with van der Waals surface area (Å²) in [5.74, 6) is 2.18. The maximum atomic E-state index is 11.2. The summed E-state index contributed by atoms with van der Waals surface area (Å²) in [7, 11) is 0.910. The molecular weight excluding hydrogens is 238 g/mol. The molecule has 1 aromatic carbocycles. The van der Waals surface area contributed by atoms with Gasteiger partial charge in [-0.15, -0.1) is 0 Å². The van der Waals surface area contributed by atoms with Crippen LogP contribution in [0.5, 0.6) is 11.5 Å². The molecule has 94 valence electrons. The van der Waals surface area contributed by atoms with Gasteiger partial charge in [0.1, 0.15) is 0 Å². The Morgan fingerprint density at radius 2 is 2.12 bits per heavy atom. The van der Waals surface area contributed by atoms with Crippen molar-refractivity contribution in [2.45, 2.75) is 6.54 Å². The smallest absolute Gasteiger partial charge is 0.160 e. The van der Waals surface area contributed by atoms with E-state index in [1.807, 2.05) is 12.1 Å². The van der Waals surface area contributed by atoms with E-state index in [4.69, 9.17) is 4.74 Å². The summed E-state index contributed by atoms with van der Waals surface area (Å²) >= 11 is 0. The molecule has 0 bridgehead atoms. The molecule has 0 aliphatic carbocycles. The van der Waals surface area contributed by atoms with E-state index in [-0.39, 0.29) is 5.75 Å². The SMILES string of the molecule is COc1cc(CN2CCS(=O)CC2)ccc1O. The minimum absolute atomic E-state index is 0.163. The van der Waals surface area contributed by atoms with Crippen LogP contribution in [-0.2, 0) is 17.3 Å². The summed E-state index contributed by atoms with van der Waals surface area (Å²) in [4.78, 5) is 2.27. The minimum Gasteiger partial charge on any atom is -0.504 e. The fourth-order valence-electron chi connectivity index (χ4n) is 1.91. The van der Waals surface area contributed by atoms with E-state index in [1.54, 1.807) is 13.2 Å². The van der Waals surface area contributed by atoms with E-state index in [0.29, 0.717) is 5.75 Å². The van der Waals surface area contributed by atoms with E-state index in [0.717, 1.165) is 36.7 Å². The Morgan fingerprint density at radius 3 is 2.76 bits per heavy atom. The van der Waals surface area contributed by atoms with Crippen molar-refractivity contribution in [3.05, 3.63) is 23.8 Å². The number of rotatable bonds is 3. The van der Waals surface area contributed by atoms with Crippen molar-refractivity contribution >= 4 is 10.8 Å². The molecule has 1 saturated heterocycles. The van der Waals surface area contributed by atoms with Crippen molar-refractivity contribution in [3.63, 3.8) is 0 Å². The molecule has 5 heteroatoms. The van der Waals surface area contributed by atoms with Gasteiger partial charge in [0.2, 0.25) is 0 Å². The number of methoxy groups -OCH3 is 1. The number of benzene rings is 1. The first kappa shape index (κ1) is 12.4. The summed E-state index contributed by atoms with van der Waals surface area (Å²) < 4.78 is 16.3. The van der Waals surface area contributed by atoms with Crippen LogP contribution in [0.3, 0.4) is 0 Å². The molecule has 1 heterocycles. The fraction of sp³-hybridized carbons (Fsp3) is 0.500. The zero-order valence-electron chi connectivity index (χ0n) is 9.89. The average molecular weight is 255 g/mol. The van der Waals surface area contributed by atoms with Crippen LogP contribution in [0.4, 0.5) is 0 Å². The van der Waals surface area contributed by atoms with Crippen LogP contribution < -0.4 is 4.74 Å². The highest BCUT2D eigenvalue weighted by molar-refractivity contribution is 7.85. The molecule has 1 aliphatic heterocycles. The van der Waals surface area contributed by atoms with Gasteiger partial charge in [-0.3, -0.25) is 9.11 Å². The molecule has 2 rings (SSSR count). The number of nitrogens with zero attached hydrogens (tertiary/aromatic N) is 1. The highest BCUT2D eigenvalue weighted by Gasteiger charge is 2.15. The Morgan fingerprint density at radius 1 is 1.41 bits per heavy atom. The third kappa shape index (κ3) is 3.20. The van der Waals surface area contributed by atoms with Gasteiger partial charge in [-0.05, 0) is 17.7 Å². The van der Waals surface area contributed by atoms with Crippen molar-refractivity contribution < 1.29 is 14.1 Å². The molecule has 0 unspecified atom stereocenters. The Labute approximate surface area is 104 Å². The van der Waals surface area contributed by atoms with E-state index in [9.17, 15) is 9.32 Å². The number of ether oxygens (including phenoxy) is 1. The third-order valence-corrected chi connectivity index (χ3v) is 4.20. The van der Waals surface area contributed by atoms with Crippen LogP contribution in [-0.4, -0.2) is 45.9 Å². The van der Waals surface area contributed by atoms with Crippen molar-refractivity contribution in [3.8, 4) is 11.5 Å². The molecule has 0 spiro atoms. The second-order valence-corrected chi connectivity index (χ2v) is 5.83. The summed E-state index contributed by atoms with van der Waals surface area (Å²) in [6, 6.07) is 5.39. The molecule has 1 N–H and O–H groups in total. The topological polar surface area (TPSA) is 49.8 Å². The Balaban J connectivity index is 2.01. The van der Waals surface area contributed by atoms with E-state index in [1.165, 1.54) is 0 Å². The van der Waals surface area contributed by atoms with Gasteiger partial charge in [-0.25, -0.2) is 0 Å². The molecule has 17 heavy (non-hydrogen) atoms. The quantitative estimate of drug-likeness (QED) is 0.874. The van der Waals surface area contributed by atoms with Gasteiger partial charge in [0.15, 0.2) is 11.5 Å². The molecule has 1 aliphatic rings. The summed E-state index contributed by atoms with van der Waals surface area (Å²) in [5, 5.41) is 9.50. The largest absolute Gasteiger partial charge is 0.504 e. The highest BCUT2D eigenvalue weighted by atomic mass is 32.2. The van der Waals surface area contributed by atoms with Gasteiger partial charge in [0.25, 0.3) is 0 Å². The van der Waals surface area contributed by atoms with Gasteiger partial charge < -0.3 is 9.84 Å².